The Bertz CT molecular complexity index is 1100. The van der Waals surface area contributed by atoms with Crippen LogP contribution in [0.4, 0.5) is 10.1 Å². The molecule has 0 unspecified atom stereocenters. The standard InChI is InChI=1S/C25H29FN4O3/c1-16-22(17(2)33-29-16)24(32)30(15-25(3,4)14-27)13-18-5-11-21(12-6-18)28-23(31)19-7-9-20(26)10-8-19/h5-12H,13-15,27H2,1-4H3,(H,28,31). The molecule has 0 saturated heterocycles. The van der Waals surface area contributed by atoms with Crippen molar-refractivity contribution in [2.24, 2.45) is 11.1 Å². The van der Waals surface area contributed by atoms with Gasteiger partial charge in [0.1, 0.15) is 17.1 Å². The summed E-state index contributed by atoms with van der Waals surface area (Å²) in [6.45, 7) is 8.72. The van der Waals surface area contributed by atoms with Crippen LogP contribution in [0.3, 0.4) is 0 Å². The zero-order valence-corrected chi connectivity index (χ0v) is 19.3. The van der Waals surface area contributed by atoms with Crippen LogP contribution in [0.15, 0.2) is 53.1 Å². The molecular formula is C25H29FN4O3. The number of carbonyl (C=O) groups is 2. The number of amides is 2. The molecule has 7 nitrogen and oxygen atoms in total. The number of halogens is 1. The summed E-state index contributed by atoms with van der Waals surface area (Å²) in [4.78, 5) is 27.4. The van der Waals surface area contributed by atoms with Gasteiger partial charge in [-0.3, -0.25) is 9.59 Å². The number of aryl methyl sites for hydroxylation is 2. The number of nitrogens with one attached hydrogen (secondary N) is 1. The Morgan fingerprint density at radius 3 is 2.27 bits per heavy atom. The fourth-order valence-corrected chi connectivity index (χ4v) is 3.45. The van der Waals surface area contributed by atoms with Crippen LogP contribution in [0.25, 0.3) is 0 Å². The molecule has 3 N–H and O–H groups in total. The van der Waals surface area contributed by atoms with Gasteiger partial charge < -0.3 is 20.5 Å². The van der Waals surface area contributed by atoms with E-state index in [-0.39, 0.29) is 17.2 Å². The third-order valence-electron chi connectivity index (χ3n) is 5.40. The quantitative estimate of drug-likeness (QED) is 0.530. The third kappa shape index (κ3) is 6.04. The highest BCUT2D eigenvalue weighted by Crippen LogP contribution is 2.23. The molecule has 0 spiro atoms. The Kier molecular flexibility index (Phi) is 7.28. The number of benzene rings is 2. The van der Waals surface area contributed by atoms with E-state index in [4.69, 9.17) is 10.3 Å². The fourth-order valence-electron chi connectivity index (χ4n) is 3.45. The van der Waals surface area contributed by atoms with E-state index in [0.717, 1.165) is 5.56 Å². The van der Waals surface area contributed by atoms with Gasteiger partial charge in [0.15, 0.2) is 0 Å². The first-order valence-corrected chi connectivity index (χ1v) is 10.7. The highest BCUT2D eigenvalue weighted by atomic mass is 19.1. The fraction of sp³-hybridized carbons (Fsp3) is 0.320. The number of rotatable bonds is 8. The van der Waals surface area contributed by atoms with Gasteiger partial charge in [-0.25, -0.2) is 4.39 Å². The number of hydrogen-bond acceptors (Lipinski definition) is 5. The van der Waals surface area contributed by atoms with Crippen LogP contribution in [-0.2, 0) is 6.54 Å². The highest BCUT2D eigenvalue weighted by molar-refractivity contribution is 6.04. The van der Waals surface area contributed by atoms with Crippen molar-refractivity contribution in [3.8, 4) is 0 Å². The second kappa shape index (κ2) is 9.95. The minimum absolute atomic E-state index is 0.165. The van der Waals surface area contributed by atoms with Gasteiger partial charge in [0, 0.05) is 24.3 Å². The first-order valence-electron chi connectivity index (χ1n) is 10.7. The zero-order chi connectivity index (χ0) is 24.2. The van der Waals surface area contributed by atoms with Crippen molar-refractivity contribution >= 4 is 17.5 Å². The molecule has 0 fully saturated rings. The van der Waals surface area contributed by atoms with Crippen molar-refractivity contribution in [2.75, 3.05) is 18.4 Å². The number of carbonyl (C=O) groups excluding carboxylic acids is 2. The van der Waals surface area contributed by atoms with Crippen molar-refractivity contribution in [2.45, 2.75) is 34.2 Å². The lowest BCUT2D eigenvalue weighted by Gasteiger charge is -2.32. The lowest BCUT2D eigenvalue weighted by Crippen LogP contribution is -2.42. The molecule has 2 amide bonds. The molecule has 0 radical (unpaired) electrons. The molecule has 0 aliphatic heterocycles. The molecular weight excluding hydrogens is 423 g/mol. The Morgan fingerprint density at radius 1 is 1.09 bits per heavy atom. The summed E-state index contributed by atoms with van der Waals surface area (Å²) in [6, 6.07) is 12.6. The minimum atomic E-state index is -0.399. The lowest BCUT2D eigenvalue weighted by molar-refractivity contribution is 0.0670. The van der Waals surface area contributed by atoms with Crippen LogP contribution >= 0.6 is 0 Å². The van der Waals surface area contributed by atoms with E-state index in [1.165, 1.54) is 24.3 Å². The van der Waals surface area contributed by atoms with Crippen LogP contribution in [-0.4, -0.2) is 35.0 Å². The van der Waals surface area contributed by atoms with E-state index in [9.17, 15) is 14.0 Å². The predicted molar refractivity (Wildman–Crippen MR) is 124 cm³/mol. The monoisotopic (exact) mass is 452 g/mol. The van der Waals surface area contributed by atoms with E-state index < -0.39 is 5.82 Å². The Hall–Kier alpha value is -3.52. The highest BCUT2D eigenvalue weighted by Gasteiger charge is 2.28. The van der Waals surface area contributed by atoms with Crippen molar-refractivity contribution in [3.05, 3.63) is 82.5 Å². The van der Waals surface area contributed by atoms with Gasteiger partial charge in [-0.2, -0.15) is 0 Å². The summed E-state index contributed by atoms with van der Waals surface area (Å²) >= 11 is 0. The van der Waals surface area contributed by atoms with Crippen LogP contribution in [0.5, 0.6) is 0 Å². The van der Waals surface area contributed by atoms with Crippen molar-refractivity contribution in [3.63, 3.8) is 0 Å². The van der Waals surface area contributed by atoms with E-state index in [1.807, 2.05) is 26.0 Å². The second-order valence-corrected chi connectivity index (χ2v) is 8.89. The molecule has 0 atom stereocenters. The van der Waals surface area contributed by atoms with Crippen molar-refractivity contribution < 1.29 is 18.5 Å². The van der Waals surface area contributed by atoms with Gasteiger partial charge in [-0.05, 0) is 67.8 Å². The normalized spacial score (nSPS) is 11.3. The van der Waals surface area contributed by atoms with E-state index >= 15 is 0 Å². The van der Waals surface area contributed by atoms with Crippen LogP contribution < -0.4 is 11.1 Å². The van der Waals surface area contributed by atoms with Gasteiger partial charge in [-0.15, -0.1) is 0 Å². The summed E-state index contributed by atoms with van der Waals surface area (Å²) in [7, 11) is 0. The number of anilines is 1. The third-order valence-corrected chi connectivity index (χ3v) is 5.40. The van der Waals surface area contributed by atoms with E-state index in [0.29, 0.717) is 47.9 Å². The van der Waals surface area contributed by atoms with Gasteiger partial charge in [-0.1, -0.05) is 31.1 Å². The predicted octanol–water partition coefficient (Wildman–Crippen LogP) is 4.31. The molecule has 3 rings (SSSR count). The first-order chi connectivity index (χ1) is 15.6. The number of hydrogen-bond donors (Lipinski definition) is 2. The number of nitrogens with zero attached hydrogens (tertiary/aromatic N) is 2. The maximum atomic E-state index is 13.3. The van der Waals surface area contributed by atoms with E-state index in [1.54, 1.807) is 30.9 Å². The summed E-state index contributed by atoms with van der Waals surface area (Å²) in [5, 5.41) is 6.69. The van der Waals surface area contributed by atoms with Crippen molar-refractivity contribution in [1.29, 1.82) is 0 Å². The average molecular weight is 453 g/mol. The molecule has 33 heavy (non-hydrogen) atoms. The van der Waals surface area contributed by atoms with Gasteiger partial charge in [0.25, 0.3) is 11.8 Å². The lowest BCUT2D eigenvalue weighted by atomic mass is 9.92. The largest absolute Gasteiger partial charge is 0.361 e. The molecule has 1 heterocycles. The Balaban J connectivity index is 1.76. The maximum absolute atomic E-state index is 13.3. The van der Waals surface area contributed by atoms with Gasteiger partial charge in [0.2, 0.25) is 0 Å². The number of aromatic nitrogens is 1. The SMILES string of the molecule is Cc1noc(C)c1C(=O)N(Cc1ccc(NC(=O)c2ccc(F)cc2)cc1)CC(C)(C)CN. The maximum Gasteiger partial charge on any atom is 0.259 e. The van der Waals surface area contributed by atoms with E-state index in [2.05, 4.69) is 10.5 Å². The van der Waals surface area contributed by atoms with Crippen LogP contribution in [0.2, 0.25) is 0 Å². The summed E-state index contributed by atoms with van der Waals surface area (Å²) < 4.78 is 18.3. The van der Waals surface area contributed by atoms with Gasteiger partial charge >= 0.3 is 0 Å². The molecule has 174 valence electrons. The Labute approximate surface area is 192 Å². The molecule has 8 heteroatoms. The Morgan fingerprint density at radius 2 is 1.73 bits per heavy atom. The summed E-state index contributed by atoms with van der Waals surface area (Å²) in [5.41, 5.74) is 8.50. The smallest absolute Gasteiger partial charge is 0.259 e. The topological polar surface area (TPSA) is 101 Å². The van der Waals surface area contributed by atoms with Gasteiger partial charge in [0.05, 0.1) is 5.69 Å². The summed E-state index contributed by atoms with van der Waals surface area (Å²) in [6.07, 6.45) is 0. The number of nitrogens with two attached hydrogens (primary N) is 1. The molecule has 0 aliphatic rings. The molecule has 0 aliphatic carbocycles. The second-order valence-electron chi connectivity index (χ2n) is 8.89. The van der Waals surface area contributed by atoms with Crippen molar-refractivity contribution in [1.82, 2.24) is 10.1 Å². The first kappa shape index (κ1) is 24.1. The van der Waals surface area contributed by atoms with Crippen LogP contribution in [0, 0.1) is 25.1 Å². The molecule has 1 aromatic heterocycles. The molecule has 3 aromatic rings. The minimum Gasteiger partial charge on any atom is -0.361 e. The molecule has 0 saturated carbocycles. The molecule has 2 aromatic carbocycles. The zero-order valence-electron chi connectivity index (χ0n) is 19.3. The van der Waals surface area contributed by atoms with Crippen LogP contribution in [0.1, 0.15) is 51.6 Å². The summed E-state index contributed by atoms with van der Waals surface area (Å²) in [5.74, 6) is -0.416. The molecule has 0 bridgehead atoms. The average Bonchev–Trinajstić information content (AvgIpc) is 3.12.